The first-order chi connectivity index (χ1) is 14.2. The highest BCUT2D eigenvalue weighted by molar-refractivity contribution is 7.98. The van der Waals surface area contributed by atoms with E-state index in [0.29, 0.717) is 11.3 Å². The van der Waals surface area contributed by atoms with E-state index in [9.17, 15) is 8.42 Å². The Morgan fingerprint density at radius 2 is 1.83 bits per heavy atom. The second-order valence-corrected chi connectivity index (χ2v) is 10.7. The Morgan fingerprint density at radius 1 is 1.10 bits per heavy atom. The average molecular weight is 450 g/mol. The van der Waals surface area contributed by atoms with Crippen molar-refractivity contribution in [1.82, 2.24) is 23.4 Å². The van der Waals surface area contributed by atoms with Crippen molar-refractivity contribution in [3.8, 4) is 0 Å². The Morgan fingerprint density at radius 3 is 2.47 bits per heavy atom. The van der Waals surface area contributed by atoms with E-state index in [4.69, 9.17) is 9.97 Å². The zero-order valence-electron chi connectivity index (χ0n) is 18.6. The molecular formula is C21H31N5O2S2. The van der Waals surface area contributed by atoms with Gasteiger partial charge in [-0.25, -0.2) is 22.7 Å². The van der Waals surface area contributed by atoms with Crippen LogP contribution in [0.4, 0.5) is 0 Å². The summed E-state index contributed by atoms with van der Waals surface area (Å²) in [7, 11) is -0.408. The van der Waals surface area contributed by atoms with Crippen molar-refractivity contribution >= 4 is 32.8 Å². The first kappa shape index (κ1) is 22.8. The fourth-order valence-electron chi connectivity index (χ4n) is 3.44. The van der Waals surface area contributed by atoms with Crippen molar-refractivity contribution in [2.24, 2.45) is 0 Å². The zero-order valence-corrected chi connectivity index (χ0v) is 20.3. The van der Waals surface area contributed by atoms with Crippen LogP contribution in [0.25, 0.3) is 11.0 Å². The lowest BCUT2D eigenvalue weighted by Gasteiger charge is -2.11. The Labute approximate surface area is 183 Å². The van der Waals surface area contributed by atoms with Crippen molar-refractivity contribution in [2.45, 2.75) is 69.4 Å². The molecule has 0 fully saturated rings. The minimum Gasteiger partial charge on any atom is -0.328 e. The number of hydrogen-bond donors (Lipinski definition) is 0. The number of aromatic nitrogens is 4. The third-order valence-corrected chi connectivity index (χ3v) is 8.17. The number of imidazole rings is 2. The molecule has 0 aliphatic heterocycles. The topological polar surface area (TPSA) is 73.0 Å². The third-order valence-electron chi connectivity index (χ3n) is 5.38. The Balaban J connectivity index is 1.93. The van der Waals surface area contributed by atoms with Crippen LogP contribution < -0.4 is 0 Å². The molecule has 0 radical (unpaired) electrons. The fourth-order valence-corrected chi connectivity index (χ4v) is 5.42. The molecule has 30 heavy (non-hydrogen) atoms. The summed E-state index contributed by atoms with van der Waals surface area (Å²) in [6, 6.07) is 5.18. The SMILES string of the molecule is CCCCn1c(SCc2nc3cc(S(=O)(=O)N(C)C)ccc3n2CC)nc(C)c1C. The first-order valence-corrected chi connectivity index (χ1v) is 12.7. The van der Waals surface area contributed by atoms with E-state index in [-0.39, 0.29) is 4.90 Å². The molecule has 1 aromatic carbocycles. The molecule has 0 saturated heterocycles. The maximum Gasteiger partial charge on any atom is 0.242 e. The molecule has 3 rings (SSSR count). The van der Waals surface area contributed by atoms with Gasteiger partial charge in [-0.2, -0.15) is 0 Å². The monoisotopic (exact) mass is 449 g/mol. The van der Waals surface area contributed by atoms with E-state index in [2.05, 4.69) is 36.8 Å². The third kappa shape index (κ3) is 4.29. The highest BCUT2D eigenvalue weighted by atomic mass is 32.2. The minimum atomic E-state index is -3.48. The molecular weight excluding hydrogens is 418 g/mol. The fraction of sp³-hybridized carbons (Fsp3) is 0.524. The Bertz CT molecular complexity index is 1150. The van der Waals surface area contributed by atoms with Gasteiger partial charge in [0.2, 0.25) is 10.0 Å². The van der Waals surface area contributed by atoms with Gasteiger partial charge in [0.05, 0.1) is 27.4 Å². The zero-order chi connectivity index (χ0) is 22.1. The first-order valence-electron chi connectivity index (χ1n) is 10.3. The number of sulfonamides is 1. The number of aryl methyl sites for hydroxylation is 2. The van der Waals surface area contributed by atoms with Crippen LogP contribution in [0.2, 0.25) is 0 Å². The molecule has 9 heteroatoms. The van der Waals surface area contributed by atoms with Crippen LogP contribution >= 0.6 is 11.8 Å². The number of nitrogens with zero attached hydrogens (tertiary/aromatic N) is 5. The van der Waals surface area contributed by atoms with Gasteiger partial charge in [0, 0.05) is 32.9 Å². The normalized spacial score (nSPS) is 12.4. The van der Waals surface area contributed by atoms with E-state index in [0.717, 1.165) is 48.1 Å². The maximum absolute atomic E-state index is 12.5. The number of thioether (sulfide) groups is 1. The van der Waals surface area contributed by atoms with Crippen LogP contribution in [0, 0.1) is 13.8 Å². The molecule has 0 aliphatic rings. The van der Waals surface area contributed by atoms with Gasteiger partial charge in [-0.15, -0.1) is 0 Å². The Hall–Kier alpha value is -1.84. The second kappa shape index (κ2) is 9.11. The summed E-state index contributed by atoms with van der Waals surface area (Å²) < 4.78 is 30.6. The molecule has 0 unspecified atom stereocenters. The van der Waals surface area contributed by atoms with Crippen LogP contribution in [0.1, 0.15) is 43.9 Å². The molecule has 0 amide bonds. The summed E-state index contributed by atoms with van der Waals surface area (Å²) >= 11 is 1.69. The quantitative estimate of drug-likeness (QED) is 0.458. The van der Waals surface area contributed by atoms with Crippen LogP contribution in [-0.4, -0.2) is 45.9 Å². The number of benzene rings is 1. The summed E-state index contributed by atoms with van der Waals surface area (Å²) in [6.45, 7) is 10.2. The van der Waals surface area contributed by atoms with Crippen molar-refractivity contribution in [2.75, 3.05) is 14.1 Å². The summed E-state index contributed by atoms with van der Waals surface area (Å²) in [5.74, 6) is 1.61. The maximum atomic E-state index is 12.5. The van der Waals surface area contributed by atoms with Crippen LogP contribution in [0.15, 0.2) is 28.3 Å². The van der Waals surface area contributed by atoms with Gasteiger partial charge in [0.1, 0.15) is 5.82 Å². The van der Waals surface area contributed by atoms with Crippen molar-refractivity contribution in [3.63, 3.8) is 0 Å². The van der Waals surface area contributed by atoms with Crippen LogP contribution in [0.3, 0.4) is 0 Å². The number of unbranched alkanes of at least 4 members (excludes halogenated alkanes) is 1. The summed E-state index contributed by atoms with van der Waals surface area (Å²) in [6.07, 6.45) is 2.27. The molecule has 0 atom stereocenters. The van der Waals surface area contributed by atoms with Gasteiger partial charge in [-0.1, -0.05) is 25.1 Å². The Kier molecular flexibility index (Phi) is 6.94. The molecule has 2 aromatic heterocycles. The van der Waals surface area contributed by atoms with E-state index in [1.54, 1.807) is 23.9 Å². The van der Waals surface area contributed by atoms with E-state index in [1.807, 2.05) is 6.07 Å². The van der Waals surface area contributed by atoms with Gasteiger partial charge < -0.3 is 9.13 Å². The predicted molar refractivity (Wildman–Crippen MR) is 122 cm³/mol. The van der Waals surface area contributed by atoms with Gasteiger partial charge in [0.15, 0.2) is 5.16 Å². The summed E-state index contributed by atoms with van der Waals surface area (Å²) in [5.41, 5.74) is 3.94. The summed E-state index contributed by atoms with van der Waals surface area (Å²) in [4.78, 5) is 9.80. The molecule has 0 bridgehead atoms. The summed E-state index contributed by atoms with van der Waals surface area (Å²) in [5, 5.41) is 1.02. The van der Waals surface area contributed by atoms with E-state index in [1.165, 1.54) is 24.1 Å². The van der Waals surface area contributed by atoms with Gasteiger partial charge in [-0.05, 0) is 45.4 Å². The largest absolute Gasteiger partial charge is 0.328 e. The van der Waals surface area contributed by atoms with E-state index < -0.39 is 10.0 Å². The lowest BCUT2D eigenvalue weighted by molar-refractivity contribution is 0.521. The average Bonchev–Trinajstić information content (AvgIpc) is 3.20. The standard InChI is InChI=1S/C21H31N5O2S2/c1-7-9-12-26-16(4)15(3)22-21(26)29-14-20-23-18-13-17(30(27,28)24(5)6)10-11-19(18)25(20)8-2/h10-11,13H,7-9,12,14H2,1-6H3. The van der Waals surface area contributed by atoms with E-state index >= 15 is 0 Å². The van der Waals surface area contributed by atoms with Gasteiger partial charge in [-0.3, -0.25) is 0 Å². The number of hydrogen-bond acceptors (Lipinski definition) is 5. The van der Waals surface area contributed by atoms with Crippen LogP contribution in [0.5, 0.6) is 0 Å². The second-order valence-electron chi connectivity index (χ2n) is 7.57. The minimum absolute atomic E-state index is 0.265. The van der Waals surface area contributed by atoms with Crippen molar-refractivity contribution in [3.05, 3.63) is 35.4 Å². The van der Waals surface area contributed by atoms with Crippen molar-refractivity contribution in [1.29, 1.82) is 0 Å². The molecule has 2 heterocycles. The highest BCUT2D eigenvalue weighted by Crippen LogP contribution is 2.28. The molecule has 0 aliphatic carbocycles. The molecule has 0 saturated carbocycles. The molecule has 3 aromatic rings. The van der Waals surface area contributed by atoms with Crippen molar-refractivity contribution < 1.29 is 8.42 Å². The van der Waals surface area contributed by atoms with Crippen LogP contribution in [-0.2, 0) is 28.9 Å². The molecule has 0 N–H and O–H groups in total. The predicted octanol–water partition coefficient (Wildman–Crippen LogP) is 4.21. The molecule has 164 valence electrons. The molecule has 0 spiro atoms. The smallest absolute Gasteiger partial charge is 0.242 e. The number of rotatable bonds is 9. The lowest BCUT2D eigenvalue weighted by Crippen LogP contribution is -2.22. The lowest BCUT2D eigenvalue weighted by atomic mass is 10.3. The molecule has 7 nitrogen and oxygen atoms in total. The van der Waals surface area contributed by atoms with Gasteiger partial charge in [0.25, 0.3) is 0 Å². The number of fused-ring (bicyclic) bond motifs is 1. The van der Waals surface area contributed by atoms with Gasteiger partial charge >= 0.3 is 0 Å². The highest BCUT2D eigenvalue weighted by Gasteiger charge is 2.20.